The second-order valence-corrected chi connectivity index (χ2v) is 6.44. The smallest absolute Gasteiger partial charge is 0.147 e. The van der Waals surface area contributed by atoms with Crippen LogP contribution in [0, 0.1) is 0 Å². The van der Waals surface area contributed by atoms with Gasteiger partial charge in [0.15, 0.2) is 0 Å². The van der Waals surface area contributed by atoms with Crippen LogP contribution in [0.25, 0.3) is 0 Å². The zero-order valence-corrected chi connectivity index (χ0v) is 13.6. The first kappa shape index (κ1) is 15.5. The molecule has 1 N–H and O–H groups in total. The minimum atomic E-state index is 0.466. The lowest BCUT2D eigenvalue weighted by Crippen LogP contribution is -2.31. The number of rotatable bonds is 5. The molecule has 1 aliphatic rings. The molecule has 112 valence electrons. The van der Waals surface area contributed by atoms with Gasteiger partial charge in [-0.25, -0.2) is 4.98 Å². The molecule has 2 rings (SSSR count). The summed E-state index contributed by atoms with van der Waals surface area (Å²) in [4.78, 5) is 9.12. The van der Waals surface area contributed by atoms with E-state index in [1.54, 1.807) is 0 Å². The number of halogens is 1. The molecule has 1 atom stereocenters. The topological polar surface area (TPSA) is 31.4 Å². The van der Waals surface area contributed by atoms with Crippen molar-refractivity contribution in [2.75, 3.05) is 32.1 Å². The first-order valence-electron chi connectivity index (χ1n) is 7.26. The lowest BCUT2D eigenvalue weighted by Gasteiger charge is -2.22. The van der Waals surface area contributed by atoms with Crippen molar-refractivity contribution in [1.82, 2.24) is 15.2 Å². The highest BCUT2D eigenvalue weighted by molar-refractivity contribution is 6.33. The van der Waals surface area contributed by atoms with Gasteiger partial charge in [-0.05, 0) is 32.1 Å². The molecule has 1 saturated heterocycles. The van der Waals surface area contributed by atoms with Crippen LogP contribution in [0.4, 0.5) is 5.82 Å². The van der Waals surface area contributed by atoms with Gasteiger partial charge in [-0.15, -0.1) is 0 Å². The first-order chi connectivity index (χ1) is 9.47. The van der Waals surface area contributed by atoms with Crippen molar-refractivity contribution < 1.29 is 0 Å². The Bertz CT molecular complexity index is 447. The molecule has 1 aliphatic heterocycles. The quantitative estimate of drug-likeness (QED) is 0.904. The standard InChI is InChI=1S/C15H25ClN4/c1-11(2)17-8-12-7-14(16)15(18-9-12)20-6-5-13(10-20)19(3)4/h7,9,11,13,17H,5-6,8,10H2,1-4H3. The summed E-state index contributed by atoms with van der Waals surface area (Å²) in [6, 6.07) is 3.09. The number of nitrogens with zero attached hydrogens (tertiary/aromatic N) is 3. The Morgan fingerprint density at radius 1 is 1.50 bits per heavy atom. The number of aromatic nitrogens is 1. The highest BCUT2D eigenvalue weighted by Crippen LogP contribution is 2.28. The van der Waals surface area contributed by atoms with Gasteiger partial charge in [0.05, 0.1) is 5.02 Å². The second kappa shape index (κ2) is 6.74. The maximum Gasteiger partial charge on any atom is 0.147 e. The molecule has 0 saturated carbocycles. The van der Waals surface area contributed by atoms with E-state index < -0.39 is 0 Å². The third-order valence-corrected chi connectivity index (χ3v) is 4.06. The fourth-order valence-corrected chi connectivity index (χ4v) is 2.79. The molecular weight excluding hydrogens is 272 g/mol. The predicted molar refractivity (Wildman–Crippen MR) is 85.5 cm³/mol. The van der Waals surface area contributed by atoms with E-state index in [-0.39, 0.29) is 0 Å². The molecule has 0 radical (unpaired) electrons. The number of likely N-dealkylation sites (N-methyl/N-ethyl adjacent to an activating group) is 1. The van der Waals surface area contributed by atoms with Gasteiger partial charge in [0, 0.05) is 37.9 Å². The summed E-state index contributed by atoms with van der Waals surface area (Å²) in [6.45, 7) is 7.11. The van der Waals surface area contributed by atoms with E-state index >= 15 is 0 Å². The molecule has 1 aromatic rings. The van der Waals surface area contributed by atoms with Crippen LogP contribution in [0.2, 0.25) is 5.02 Å². The average Bonchev–Trinajstić information content (AvgIpc) is 2.86. The van der Waals surface area contributed by atoms with Crippen LogP contribution < -0.4 is 10.2 Å². The molecule has 0 bridgehead atoms. The van der Waals surface area contributed by atoms with Gasteiger partial charge >= 0.3 is 0 Å². The fourth-order valence-electron chi connectivity index (χ4n) is 2.48. The Hall–Kier alpha value is -0.840. The van der Waals surface area contributed by atoms with Gasteiger partial charge in [0.2, 0.25) is 0 Å². The highest BCUT2D eigenvalue weighted by atomic mass is 35.5. The van der Waals surface area contributed by atoms with Crippen molar-refractivity contribution in [1.29, 1.82) is 0 Å². The van der Waals surface area contributed by atoms with Gasteiger partial charge < -0.3 is 15.1 Å². The fraction of sp³-hybridized carbons (Fsp3) is 0.667. The summed E-state index contributed by atoms with van der Waals surface area (Å²) in [5.41, 5.74) is 1.14. The molecule has 0 amide bonds. The number of hydrogen-bond donors (Lipinski definition) is 1. The molecule has 1 aromatic heterocycles. The molecule has 20 heavy (non-hydrogen) atoms. The number of anilines is 1. The maximum absolute atomic E-state index is 6.41. The van der Waals surface area contributed by atoms with Crippen LogP contribution in [0.5, 0.6) is 0 Å². The zero-order chi connectivity index (χ0) is 14.7. The van der Waals surface area contributed by atoms with Crippen LogP contribution in [-0.4, -0.2) is 49.2 Å². The van der Waals surface area contributed by atoms with E-state index in [0.29, 0.717) is 12.1 Å². The monoisotopic (exact) mass is 296 g/mol. The average molecular weight is 297 g/mol. The lowest BCUT2D eigenvalue weighted by molar-refractivity contribution is 0.315. The Labute approximate surface area is 127 Å². The molecule has 1 fully saturated rings. The first-order valence-corrected chi connectivity index (χ1v) is 7.64. The minimum Gasteiger partial charge on any atom is -0.354 e. The summed E-state index contributed by atoms with van der Waals surface area (Å²) >= 11 is 6.41. The van der Waals surface area contributed by atoms with E-state index in [9.17, 15) is 0 Å². The van der Waals surface area contributed by atoms with E-state index in [2.05, 4.69) is 48.0 Å². The lowest BCUT2D eigenvalue weighted by atomic mass is 10.2. The van der Waals surface area contributed by atoms with Crippen LogP contribution in [0.3, 0.4) is 0 Å². The van der Waals surface area contributed by atoms with E-state index in [0.717, 1.165) is 36.0 Å². The Kier molecular flexibility index (Phi) is 5.24. The Morgan fingerprint density at radius 3 is 2.80 bits per heavy atom. The summed E-state index contributed by atoms with van der Waals surface area (Å²) in [6.07, 6.45) is 3.10. The van der Waals surface area contributed by atoms with Gasteiger partial charge in [-0.1, -0.05) is 25.4 Å². The van der Waals surface area contributed by atoms with Crippen molar-refractivity contribution in [3.05, 3.63) is 22.8 Å². The second-order valence-electron chi connectivity index (χ2n) is 6.04. The van der Waals surface area contributed by atoms with Crippen molar-refractivity contribution in [3.8, 4) is 0 Å². The van der Waals surface area contributed by atoms with Crippen LogP contribution in [-0.2, 0) is 6.54 Å². The third kappa shape index (κ3) is 3.84. The van der Waals surface area contributed by atoms with Crippen LogP contribution in [0.1, 0.15) is 25.8 Å². The van der Waals surface area contributed by atoms with Gasteiger partial charge in [-0.3, -0.25) is 0 Å². The minimum absolute atomic E-state index is 0.466. The summed E-state index contributed by atoms with van der Waals surface area (Å²) in [5, 5.41) is 4.14. The van der Waals surface area contributed by atoms with Gasteiger partial charge in [0.1, 0.15) is 5.82 Å². The SMILES string of the molecule is CC(C)NCc1cnc(N2CCC(N(C)C)C2)c(Cl)c1. The largest absolute Gasteiger partial charge is 0.354 e. The number of nitrogens with one attached hydrogen (secondary N) is 1. The van der Waals surface area contributed by atoms with Gasteiger partial charge in [-0.2, -0.15) is 0 Å². The molecular formula is C15H25ClN4. The molecule has 4 nitrogen and oxygen atoms in total. The summed E-state index contributed by atoms with van der Waals surface area (Å²) < 4.78 is 0. The summed E-state index contributed by atoms with van der Waals surface area (Å²) in [5.74, 6) is 0.921. The van der Waals surface area contributed by atoms with Gasteiger partial charge in [0.25, 0.3) is 0 Å². The molecule has 1 unspecified atom stereocenters. The maximum atomic E-state index is 6.41. The van der Waals surface area contributed by atoms with Crippen LogP contribution >= 0.6 is 11.6 Å². The summed E-state index contributed by atoms with van der Waals surface area (Å²) in [7, 11) is 4.26. The van der Waals surface area contributed by atoms with E-state index in [4.69, 9.17) is 11.6 Å². The van der Waals surface area contributed by atoms with Crippen molar-refractivity contribution in [2.24, 2.45) is 0 Å². The molecule has 0 spiro atoms. The molecule has 0 aliphatic carbocycles. The number of pyridine rings is 1. The molecule has 0 aromatic carbocycles. The Balaban J connectivity index is 2.03. The molecule has 2 heterocycles. The van der Waals surface area contributed by atoms with Crippen molar-refractivity contribution in [3.63, 3.8) is 0 Å². The number of hydrogen-bond acceptors (Lipinski definition) is 4. The van der Waals surface area contributed by atoms with Crippen LogP contribution in [0.15, 0.2) is 12.3 Å². The van der Waals surface area contributed by atoms with E-state index in [1.807, 2.05) is 12.3 Å². The third-order valence-electron chi connectivity index (χ3n) is 3.79. The van der Waals surface area contributed by atoms with Crippen molar-refractivity contribution in [2.45, 2.75) is 38.9 Å². The van der Waals surface area contributed by atoms with Crippen molar-refractivity contribution >= 4 is 17.4 Å². The predicted octanol–water partition coefficient (Wildman–Crippen LogP) is 2.37. The molecule has 5 heteroatoms. The Morgan fingerprint density at radius 2 is 2.25 bits per heavy atom. The highest BCUT2D eigenvalue weighted by Gasteiger charge is 2.26. The normalized spacial score (nSPS) is 19.4. The zero-order valence-electron chi connectivity index (χ0n) is 12.9. The van der Waals surface area contributed by atoms with E-state index in [1.165, 1.54) is 6.42 Å².